The molecule has 0 atom stereocenters. The van der Waals surface area contributed by atoms with Gasteiger partial charge in [-0.25, -0.2) is 9.78 Å². The lowest BCUT2D eigenvalue weighted by molar-refractivity contribution is 0.0696. The van der Waals surface area contributed by atoms with Crippen LogP contribution in [0.15, 0.2) is 59.5 Å². The summed E-state index contributed by atoms with van der Waals surface area (Å²) in [6, 6.07) is 15.5. The first-order chi connectivity index (χ1) is 18.5. The van der Waals surface area contributed by atoms with Gasteiger partial charge in [0.1, 0.15) is 5.82 Å². The molecule has 39 heavy (non-hydrogen) atoms. The minimum Gasteiger partial charge on any atom is -0.478 e. The van der Waals surface area contributed by atoms with E-state index in [0.717, 1.165) is 40.8 Å². The number of hydrogen-bond donors (Lipinski definition) is 4. The number of nitrogens with zero attached hydrogens (tertiary/aromatic N) is 1. The van der Waals surface area contributed by atoms with E-state index >= 15 is 0 Å². The van der Waals surface area contributed by atoms with Gasteiger partial charge in [-0.05, 0) is 67.6 Å². The summed E-state index contributed by atoms with van der Waals surface area (Å²) in [6.07, 6.45) is 8.24. The van der Waals surface area contributed by atoms with E-state index < -0.39 is 16.1 Å². The summed E-state index contributed by atoms with van der Waals surface area (Å²) in [6.45, 7) is 5.94. The number of hydrogen-bond acceptors (Lipinski definition) is 5. The van der Waals surface area contributed by atoms with Crippen molar-refractivity contribution in [1.82, 2.24) is 9.97 Å². The molecule has 208 valence electrons. The SMILES string of the molecule is CCCCCCCCc1cc(C(=O)O)c(C)c(C)c1N.O=S(=O)(O)c1ccc2nc(-c3ccccc3)[nH]c2c1. The zero-order chi connectivity index (χ0) is 28.6. The van der Waals surface area contributed by atoms with Crippen molar-refractivity contribution in [3.05, 3.63) is 76.9 Å². The van der Waals surface area contributed by atoms with Gasteiger partial charge in [-0.3, -0.25) is 4.55 Å². The Labute approximate surface area is 230 Å². The third-order valence-electron chi connectivity index (χ3n) is 6.86. The topological polar surface area (TPSA) is 146 Å². The Balaban J connectivity index is 0.000000216. The molecule has 9 heteroatoms. The summed E-state index contributed by atoms with van der Waals surface area (Å²) < 4.78 is 31.2. The molecule has 0 fully saturated rings. The van der Waals surface area contributed by atoms with Crippen LogP contribution < -0.4 is 5.73 Å². The molecule has 4 aromatic rings. The van der Waals surface area contributed by atoms with E-state index in [1.165, 1.54) is 44.2 Å². The van der Waals surface area contributed by atoms with Gasteiger partial charge < -0.3 is 15.8 Å². The van der Waals surface area contributed by atoms with Crippen molar-refractivity contribution in [3.63, 3.8) is 0 Å². The molecule has 0 spiro atoms. The molecular formula is C30H37N3O5S. The van der Waals surface area contributed by atoms with Crippen molar-refractivity contribution in [2.75, 3.05) is 5.73 Å². The number of nitrogens with one attached hydrogen (secondary N) is 1. The molecular weight excluding hydrogens is 514 g/mol. The molecule has 0 aliphatic carbocycles. The Bertz CT molecular complexity index is 1530. The second-order valence-electron chi connectivity index (χ2n) is 9.68. The first-order valence-electron chi connectivity index (χ1n) is 13.2. The Hall–Kier alpha value is -3.69. The lowest BCUT2D eigenvalue weighted by atomic mass is 9.94. The first kappa shape index (κ1) is 29.9. The standard InChI is InChI=1S/C17H27NO2.C13H10N2O3S/c1-4-5-6-7-8-9-10-14-11-15(17(19)20)12(2)13(3)16(14)18;16-19(17,18)10-6-7-11-12(8-10)15-13(14-11)9-4-2-1-3-5-9/h11H,4-10,18H2,1-3H3,(H,19,20);1-8H,(H,14,15)(H,16,17,18). The van der Waals surface area contributed by atoms with Gasteiger partial charge in [0.15, 0.2) is 0 Å². The van der Waals surface area contributed by atoms with Crippen LogP contribution in [-0.2, 0) is 16.5 Å². The number of aromatic carboxylic acids is 1. The molecule has 3 aromatic carbocycles. The molecule has 0 saturated carbocycles. The molecule has 0 aliphatic heterocycles. The lowest BCUT2D eigenvalue weighted by Gasteiger charge is -2.14. The zero-order valence-electron chi connectivity index (χ0n) is 22.7. The van der Waals surface area contributed by atoms with Crippen molar-refractivity contribution >= 4 is 32.8 Å². The van der Waals surface area contributed by atoms with E-state index in [2.05, 4.69) is 16.9 Å². The number of anilines is 1. The fourth-order valence-corrected chi connectivity index (χ4v) is 4.92. The predicted octanol–water partition coefficient (Wildman–Crippen LogP) is 6.96. The van der Waals surface area contributed by atoms with Gasteiger partial charge >= 0.3 is 5.97 Å². The van der Waals surface area contributed by atoms with E-state index in [1.54, 1.807) is 12.1 Å². The normalized spacial score (nSPS) is 11.3. The van der Waals surface area contributed by atoms with Crippen LogP contribution >= 0.6 is 0 Å². The maximum Gasteiger partial charge on any atom is 0.335 e. The number of aryl methyl sites for hydroxylation is 1. The van der Waals surface area contributed by atoms with Gasteiger partial charge in [0.25, 0.3) is 10.1 Å². The minimum absolute atomic E-state index is 0.150. The molecule has 0 radical (unpaired) electrons. The molecule has 4 rings (SSSR count). The second-order valence-corrected chi connectivity index (χ2v) is 11.1. The monoisotopic (exact) mass is 551 g/mol. The number of carboxylic acids is 1. The predicted molar refractivity (Wildman–Crippen MR) is 156 cm³/mol. The summed E-state index contributed by atoms with van der Waals surface area (Å²) in [5, 5.41) is 9.23. The maximum absolute atomic E-state index is 11.2. The molecule has 0 unspecified atom stereocenters. The fourth-order valence-electron chi connectivity index (χ4n) is 4.41. The molecule has 8 nitrogen and oxygen atoms in total. The number of aromatic amines is 1. The molecule has 0 amide bonds. The molecule has 1 aromatic heterocycles. The molecule has 5 N–H and O–H groups in total. The smallest absolute Gasteiger partial charge is 0.335 e. The molecule has 0 bridgehead atoms. The van der Waals surface area contributed by atoms with Crippen LogP contribution in [0.3, 0.4) is 0 Å². The number of imidazole rings is 1. The summed E-state index contributed by atoms with van der Waals surface area (Å²) in [5.41, 5.74) is 12.1. The average molecular weight is 552 g/mol. The number of carbonyl (C=O) groups is 1. The lowest BCUT2D eigenvalue weighted by Crippen LogP contribution is -2.07. The van der Waals surface area contributed by atoms with E-state index in [1.807, 2.05) is 44.2 Å². The highest BCUT2D eigenvalue weighted by Gasteiger charge is 2.15. The largest absolute Gasteiger partial charge is 0.478 e. The Morgan fingerprint density at radius 3 is 2.26 bits per heavy atom. The van der Waals surface area contributed by atoms with Crippen molar-refractivity contribution in [1.29, 1.82) is 0 Å². The number of unbranched alkanes of at least 4 members (excludes halogenated alkanes) is 5. The zero-order valence-corrected chi connectivity index (χ0v) is 23.5. The van der Waals surface area contributed by atoms with Crippen molar-refractivity contribution in [2.45, 2.75) is 70.6 Å². The van der Waals surface area contributed by atoms with Gasteiger partial charge in [0, 0.05) is 11.3 Å². The number of benzene rings is 3. The van der Waals surface area contributed by atoms with E-state index in [-0.39, 0.29) is 4.90 Å². The van der Waals surface area contributed by atoms with Crippen molar-refractivity contribution in [2.24, 2.45) is 0 Å². The number of nitrogens with two attached hydrogens (primary N) is 1. The van der Waals surface area contributed by atoms with Crippen molar-refractivity contribution < 1.29 is 22.9 Å². The van der Waals surface area contributed by atoms with Crippen LogP contribution in [0.1, 0.15) is 72.5 Å². The number of carboxylic acid groups (broad SMARTS) is 1. The first-order valence-corrected chi connectivity index (χ1v) is 14.6. The van der Waals surface area contributed by atoms with Crippen LogP contribution in [0, 0.1) is 13.8 Å². The van der Waals surface area contributed by atoms with E-state index in [4.69, 9.17) is 10.3 Å². The fraction of sp³-hybridized carbons (Fsp3) is 0.333. The summed E-state index contributed by atoms with van der Waals surface area (Å²) in [7, 11) is -4.20. The van der Waals surface area contributed by atoms with E-state index in [0.29, 0.717) is 22.4 Å². The molecule has 0 saturated heterocycles. The Morgan fingerprint density at radius 2 is 1.62 bits per heavy atom. The third kappa shape index (κ3) is 7.91. The minimum atomic E-state index is -4.20. The van der Waals surface area contributed by atoms with Gasteiger partial charge in [-0.15, -0.1) is 0 Å². The Morgan fingerprint density at radius 1 is 0.949 bits per heavy atom. The molecule has 1 heterocycles. The van der Waals surface area contributed by atoms with Crippen LogP contribution in [0.4, 0.5) is 5.69 Å². The highest BCUT2D eigenvalue weighted by molar-refractivity contribution is 7.85. The number of fused-ring (bicyclic) bond motifs is 1. The van der Waals surface area contributed by atoms with Crippen LogP contribution in [0.25, 0.3) is 22.4 Å². The quantitative estimate of drug-likeness (QED) is 0.0946. The van der Waals surface area contributed by atoms with Crippen molar-refractivity contribution in [3.8, 4) is 11.4 Å². The summed E-state index contributed by atoms with van der Waals surface area (Å²) >= 11 is 0. The number of rotatable bonds is 10. The Kier molecular flexibility index (Phi) is 10.3. The van der Waals surface area contributed by atoms with Crippen LogP contribution in [0.2, 0.25) is 0 Å². The number of H-pyrrole nitrogens is 1. The summed E-state index contributed by atoms with van der Waals surface area (Å²) in [4.78, 5) is 18.5. The van der Waals surface area contributed by atoms with Gasteiger partial charge in [0.2, 0.25) is 0 Å². The van der Waals surface area contributed by atoms with Gasteiger partial charge in [-0.1, -0.05) is 69.4 Å². The van der Waals surface area contributed by atoms with Crippen LogP contribution in [-0.4, -0.2) is 34.0 Å². The van der Waals surface area contributed by atoms with Crippen LogP contribution in [0.5, 0.6) is 0 Å². The summed E-state index contributed by atoms with van der Waals surface area (Å²) in [5.74, 6) is -0.210. The highest BCUT2D eigenvalue weighted by atomic mass is 32.2. The van der Waals surface area contributed by atoms with Gasteiger partial charge in [0.05, 0.1) is 21.5 Å². The van der Waals surface area contributed by atoms with E-state index in [9.17, 15) is 18.3 Å². The van der Waals surface area contributed by atoms with Gasteiger partial charge in [-0.2, -0.15) is 8.42 Å². The highest BCUT2D eigenvalue weighted by Crippen LogP contribution is 2.26. The molecule has 0 aliphatic rings. The number of nitrogen functional groups attached to an aromatic ring is 1. The average Bonchev–Trinajstić information content (AvgIpc) is 3.34. The second kappa shape index (κ2) is 13.4. The number of aromatic nitrogens is 2. The maximum atomic E-state index is 11.2. The third-order valence-corrected chi connectivity index (χ3v) is 7.71.